The number of aromatic amines is 1. The van der Waals surface area contributed by atoms with Crippen molar-refractivity contribution in [2.75, 3.05) is 0 Å². The van der Waals surface area contributed by atoms with Crippen LogP contribution in [0.4, 0.5) is 0 Å². The minimum Gasteiger partial charge on any atom is -0.480 e. The summed E-state index contributed by atoms with van der Waals surface area (Å²) in [6.45, 7) is 7.97. The van der Waals surface area contributed by atoms with Crippen molar-refractivity contribution in [1.82, 2.24) is 14.8 Å². The molecule has 0 saturated carbocycles. The van der Waals surface area contributed by atoms with E-state index in [2.05, 4.69) is 17.0 Å². The number of carbonyl (C=O) groups is 1. The molecule has 0 aliphatic heterocycles. The fraction of sp³-hybridized carbons (Fsp3) is 0.320. The van der Waals surface area contributed by atoms with Crippen LogP contribution < -0.4 is 5.56 Å². The molecule has 2 aromatic carbocycles. The van der Waals surface area contributed by atoms with Crippen molar-refractivity contribution in [1.29, 1.82) is 0 Å². The van der Waals surface area contributed by atoms with Crippen LogP contribution in [-0.4, -0.2) is 25.8 Å². The van der Waals surface area contributed by atoms with Crippen molar-refractivity contribution in [3.8, 4) is 0 Å². The molecule has 0 spiro atoms. The number of benzene rings is 2. The third-order valence-electron chi connectivity index (χ3n) is 6.29. The van der Waals surface area contributed by atoms with Gasteiger partial charge in [0.25, 0.3) is 5.56 Å². The molecule has 7 heteroatoms. The molecule has 166 valence electrons. The number of fused-ring (bicyclic) bond motifs is 2. The van der Waals surface area contributed by atoms with Crippen LogP contribution in [0, 0.1) is 13.8 Å². The number of aliphatic carboxylic acids is 1. The largest absolute Gasteiger partial charge is 0.480 e. The zero-order chi connectivity index (χ0) is 23.2. The highest BCUT2D eigenvalue weighted by molar-refractivity contribution is 6.31. The van der Waals surface area contributed by atoms with E-state index in [1.165, 1.54) is 0 Å². The van der Waals surface area contributed by atoms with Gasteiger partial charge in [0.15, 0.2) is 6.04 Å². The van der Waals surface area contributed by atoms with Crippen LogP contribution in [0.15, 0.2) is 41.2 Å². The van der Waals surface area contributed by atoms with Gasteiger partial charge in [-0.05, 0) is 49.6 Å². The average Bonchev–Trinajstić information content (AvgIpc) is 3.05. The van der Waals surface area contributed by atoms with Crippen LogP contribution in [-0.2, 0) is 4.79 Å². The Labute approximate surface area is 190 Å². The Kier molecular flexibility index (Phi) is 5.82. The first kappa shape index (κ1) is 22.1. The Morgan fingerprint density at radius 1 is 1.19 bits per heavy atom. The van der Waals surface area contributed by atoms with Gasteiger partial charge in [0, 0.05) is 32.9 Å². The maximum atomic E-state index is 13.2. The Morgan fingerprint density at radius 3 is 2.53 bits per heavy atom. The van der Waals surface area contributed by atoms with E-state index < -0.39 is 12.0 Å². The number of aryl methyl sites for hydroxylation is 2. The van der Waals surface area contributed by atoms with Crippen molar-refractivity contribution in [3.05, 3.63) is 74.3 Å². The van der Waals surface area contributed by atoms with Gasteiger partial charge in [-0.3, -0.25) is 4.79 Å². The number of nitrogens with one attached hydrogen (secondary N) is 1. The highest BCUT2D eigenvalue weighted by Crippen LogP contribution is 2.36. The van der Waals surface area contributed by atoms with Gasteiger partial charge in [0.1, 0.15) is 0 Å². The Hall–Kier alpha value is -3.12. The fourth-order valence-electron chi connectivity index (χ4n) is 4.42. The summed E-state index contributed by atoms with van der Waals surface area (Å²) in [6.07, 6.45) is 0.948. The molecular weight excluding hydrogens is 426 g/mol. The molecule has 0 bridgehead atoms. The van der Waals surface area contributed by atoms with Crippen molar-refractivity contribution in [2.24, 2.45) is 0 Å². The van der Waals surface area contributed by atoms with E-state index in [1.54, 1.807) is 12.1 Å². The van der Waals surface area contributed by atoms with E-state index in [1.807, 2.05) is 45.0 Å². The van der Waals surface area contributed by atoms with Crippen LogP contribution in [0.2, 0.25) is 5.02 Å². The molecule has 2 aromatic heterocycles. The highest BCUT2D eigenvalue weighted by Gasteiger charge is 2.26. The summed E-state index contributed by atoms with van der Waals surface area (Å²) < 4.78 is 1.15. The molecule has 2 atom stereocenters. The van der Waals surface area contributed by atoms with E-state index in [0.717, 1.165) is 37.8 Å². The molecular formula is C25H26ClN3O3. The highest BCUT2D eigenvalue weighted by atomic mass is 35.5. The van der Waals surface area contributed by atoms with Crippen molar-refractivity contribution >= 4 is 39.2 Å². The van der Waals surface area contributed by atoms with Gasteiger partial charge < -0.3 is 10.1 Å². The second-order valence-corrected chi connectivity index (χ2v) is 8.77. The second kappa shape index (κ2) is 8.43. The minimum absolute atomic E-state index is 0.235. The van der Waals surface area contributed by atoms with Crippen molar-refractivity contribution in [3.63, 3.8) is 0 Å². The standard InChI is InChI=1S/C25H26ClN3O3/c1-5-8-21(25(31)32)29-24(30)18-10-7-6-9-17(18)22(28-29)14(3)20-12-16(26)11-19-13(2)15(4)27-23(19)20/h6-7,9-12,14,21,27H,5,8H2,1-4H3,(H,31,32). The smallest absolute Gasteiger partial charge is 0.328 e. The van der Waals surface area contributed by atoms with E-state index in [0.29, 0.717) is 28.9 Å². The quantitative estimate of drug-likeness (QED) is 0.392. The SMILES string of the molecule is CCCC(C(=O)O)n1nc(C(C)c2cc(Cl)cc3c(C)c(C)[nH]c23)c2ccccc2c1=O. The van der Waals surface area contributed by atoms with E-state index in [-0.39, 0.29) is 11.5 Å². The molecule has 0 fully saturated rings. The number of aromatic nitrogens is 3. The third-order valence-corrected chi connectivity index (χ3v) is 6.51. The first-order valence-corrected chi connectivity index (χ1v) is 11.1. The Balaban J connectivity index is 2.02. The van der Waals surface area contributed by atoms with Crippen molar-refractivity contribution in [2.45, 2.75) is 52.5 Å². The van der Waals surface area contributed by atoms with Crippen LogP contribution in [0.3, 0.4) is 0 Å². The number of H-pyrrole nitrogens is 1. The van der Waals surface area contributed by atoms with Gasteiger partial charge >= 0.3 is 5.97 Å². The molecule has 32 heavy (non-hydrogen) atoms. The molecule has 2 heterocycles. The Morgan fingerprint density at radius 2 is 1.88 bits per heavy atom. The van der Waals surface area contributed by atoms with Gasteiger partial charge in [0.05, 0.1) is 11.1 Å². The molecule has 4 rings (SSSR count). The first-order valence-electron chi connectivity index (χ1n) is 10.8. The predicted molar refractivity (Wildman–Crippen MR) is 128 cm³/mol. The number of hydrogen-bond acceptors (Lipinski definition) is 3. The summed E-state index contributed by atoms with van der Waals surface area (Å²) in [4.78, 5) is 28.6. The zero-order valence-electron chi connectivity index (χ0n) is 18.6. The van der Waals surface area contributed by atoms with Gasteiger partial charge in [-0.15, -0.1) is 0 Å². The van der Waals surface area contributed by atoms with E-state index >= 15 is 0 Å². The lowest BCUT2D eigenvalue weighted by Crippen LogP contribution is -2.33. The lowest BCUT2D eigenvalue weighted by Gasteiger charge is -2.20. The van der Waals surface area contributed by atoms with Crippen LogP contribution in [0.5, 0.6) is 0 Å². The molecule has 0 radical (unpaired) electrons. The molecule has 0 amide bonds. The maximum absolute atomic E-state index is 13.2. The number of carboxylic acid groups (broad SMARTS) is 1. The first-order chi connectivity index (χ1) is 15.2. The fourth-order valence-corrected chi connectivity index (χ4v) is 4.65. The number of carboxylic acids is 1. The maximum Gasteiger partial charge on any atom is 0.328 e. The molecule has 6 nitrogen and oxygen atoms in total. The summed E-state index contributed by atoms with van der Waals surface area (Å²) in [6, 6.07) is 10.1. The predicted octanol–water partition coefficient (Wildman–Crippen LogP) is 5.73. The summed E-state index contributed by atoms with van der Waals surface area (Å²) >= 11 is 6.48. The van der Waals surface area contributed by atoms with E-state index in [9.17, 15) is 14.7 Å². The van der Waals surface area contributed by atoms with Gasteiger partial charge in [-0.1, -0.05) is 50.1 Å². The normalized spacial score (nSPS) is 13.5. The monoisotopic (exact) mass is 451 g/mol. The molecule has 2 unspecified atom stereocenters. The minimum atomic E-state index is -1.06. The van der Waals surface area contributed by atoms with Crippen LogP contribution >= 0.6 is 11.6 Å². The average molecular weight is 452 g/mol. The lowest BCUT2D eigenvalue weighted by atomic mass is 9.92. The topological polar surface area (TPSA) is 88.0 Å². The molecule has 4 aromatic rings. The molecule has 0 saturated heterocycles. The van der Waals surface area contributed by atoms with Crippen LogP contribution in [0.25, 0.3) is 21.7 Å². The number of rotatable bonds is 6. The number of halogens is 1. The van der Waals surface area contributed by atoms with Gasteiger partial charge in [-0.2, -0.15) is 5.10 Å². The molecule has 0 aliphatic rings. The lowest BCUT2D eigenvalue weighted by molar-refractivity contribution is -0.141. The van der Waals surface area contributed by atoms with Gasteiger partial charge in [0.2, 0.25) is 0 Å². The Bertz CT molecular complexity index is 1400. The summed E-state index contributed by atoms with van der Waals surface area (Å²) in [5, 5.41) is 17.3. The molecule has 0 aliphatic carbocycles. The third kappa shape index (κ3) is 3.58. The molecule has 2 N–H and O–H groups in total. The second-order valence-electron chi connectivity index (χ2n) is 8.34. The summed E-state index contributed by atoms with van der Waals surface area (Å²) in [5.41, 5.74) is 4.38. The summed E-state index contributed by atoms with van der Waals surface area (Å²) in [7, 11) is 0. The summed E-state index contributed by atoms with van der Waals surface area (Å²) in [5.74, 6) is -1.29. The number of hydrogen-bond donors (Lipinski definition) is 2. The number of nitrogens with zero attached hydrogens (tertiary/aromatic N) is 2. The van der Waals surface area contributed by atoms with Crippen molar-refractivity contribution < 1.29 is 9.90 Å². The zero-order valence-corrected chi connectivity index (χ0v) is 19.3. The van der Waals surface area contributed by atoms with Gasteiger partial charge in [-0.25, -0.2) is 9.48 Å². The van der Waals surface area contributed by atoms with E-state index in [4.69, 9.17) is 11.6 Å². The van der Waals surface area contributed by atoms with Crippen LogP contribution in [0.1, 0.15) is 61.2 Å².